The Labute approximate surface area is 94.6 Å². The Kier molecular flexibility index (Phi) is 2.88. The summed E-state index contributed by atoms with van der Waals surface area (Å²) in [6.07, 6.45) is 3.49. The number of likely N-dealkylation sites (tertiary alicyclic amines) is 1. The van der Waals surface area contributed by atoms with Gasteiger partial charge in [-0.15, -0.1) is 0 Å². The molecule has 1 amide bonds. The summed E-state index contributed by atoms with van der Waals surface area (Å²) in [5.41, 5.74) is 5.27. The van der Waals surface area contributed by atoms with Gasteiger partial charge in [-0.25, -0.2) is 0 Å². The number of nitrogens with zero attached hydrogens (tertiary/aromatic N) is 1. The van der Waals surface area contributed by atoms with Crippen LogP contribution in [0.2, 0.25) is 0 Å². The Hall–Kier alpha value is -1.10. The predicted molar refractivity (Wildman–Crippen MR) is 57.7 cm³/mol. The van der Waals surface area contributed by atoms with E-state index in [-0.39, 0.29) is 23.8 Å². The number of carbonyl (C=O) groups is 2. The average molecular weight is 226 g/mol. The molecular formula is C11H18N2O3. The van der Waals surface area contributed by atoms with Crippen molar-refractivity contribution in [1.29, 1.82) is 0 Å². The maximum atomic E-state index is 12.2. The predicted octanol–water partition coefficient (Wildman–Crippen LogP) is 0.191. The SMILES string of the molecule is NCC1(C(=O)N2CCCC2CC(=O)O)CC1. The Morgan fingerprint density at radius 3 is 2.62 bits per heavy atom. The number of carboxylic acids is 1. The van der Waals surface area contributed by atoms with Gasteiger partial charge in [0.05, 0.1) is 11.8 Å². The first-order valence-electron chi connectivity index (χ1n) is 5.82. The summed E-state index contributed by atoms with van der Waals surface area (Å²) in [4.78, 5) is 24.6. The molecule has 2 fully saturated rings. The van der Waals surface area contributed by atoms with Crippen LogP contribution < -0.4 is 5.73 Å². The third-order valence-electron chi connectivity index (χ3n) is 3.75. The topological polar surface area (TPSA) is 83.6 Å². The summed E-state index contributed by atoms with van der Waals surface area (Å²) >= 11 is 0. The first-order chi connectivity index (χ1) is 7.59. The highest BCUT2D eigenvalue weighted by Gasteiger charge is 2.52. The molecule has 1 heterocycles. The van der Waals surface area contributed by atoms with E-state index in [0.29, 0.717) is 13.1 Å². The van der Waals surface area contributed by atoms with Crippen molar-refractivity contribution in [2.45, 2.75) is 38.1 Å². The molecule has 1 aliphatic heterocycles. The highest BCUT2D eigenvalue weighted by Crippen LogP contribution is 2.47. The Morgan fingerprint density at radius 1 is 1.44 bits per heavy atom. The van der Waals surface area contributed by atoms with Crippen molar-refractivity contribution in [2.24, 2.45) is 11.1 Å². The van der Waals surface area contributed by atoms with Crippen LogP contribution in [0.15, 0.2) is 0 Å². The molecule has 1 atom stereocenters. The largest absolute Gasteiger partial charge is 0.481 e. The van der Waals surface area contributed by atoms with Crippen LogP contribution in [0.25, 0.3) is 0 Å². The van der Waals surface area contributed by atoms with E-state index in [9.17, 15) is 9.59 Å². The molecule has 1 unspecified atom stereocenters. The van der Waals surface area contributed by atoms with Crippen molar-refractivity contribution in [1.82, 2.24) is 4.90 Å². The molecule has 5 nitrogen and oxygen atoms in total. The van der Waals surface area contributed by atoms with Crippen molar-refractivity contribution in [3.05, 3.63) is 0 Å². The number of carbonyl (C=O) groups excluding carboxylic acids is 1. The van der Waals surface area contributed by atoms with Crippen LogP contribution >= 0.6 is 0 Å². The number of nitrogens with two attached hydrogens (primary N) is 1. The summed E-state index contributed by atoms with van der Waals surface area (Å²) in [7, 11) is 0. The lowest BCUT2D eigenvalue weighted by Gasteiger charge is -2.27. The van der Waals surface area contributed by atoms with Crippen LogP contribution in [0.3, 0.4) is 0 Å². The van der Waals surface area contributed by atoms with Crippen LogP contribution in [-0.2, 0) is 9.59 Å². The Bertz CT molecular complexity index is 312. The van der Waals surface area contributed by atoms with Crippen LogP contribution in [0.4, 0.5) is 0 Å². The molecule has 2 rings (SSSR count). The third kappa shape index (κ3) is 1.91. The number of carboxylic acid groups (broad SMARTS) is 1. The van der Waals surface area contributed by atoms with Gasteiger partial charge in [-0.1, -0.05) is 0 Å². The maximum absolute atomic E-state index is 12.2. The second kappa shape index (κ2) is 4.05. The minimum absolute atomic E-state index is 0.0619. The molecule has 1 saturated carbocycles. The normalized spacial score (nSPS) is 26.8. The molecule has 16 heavy (non-hydrogen) atoms. The quantitative estimate of drug-likeness (QED) is 0.716. The molecule has 0 aromatic carbocycles. The van der Waals surface area contributed by atoms with E-state index >= 15 is 0 Å². The van der Waals surface area contributed by atoms with Crippen LogP contribution in [0.1, 0.15) is 32.1 Å². The molecule has 3 N–H and O–H groups in total. The molecule has 0 radical (unpaired) electrons. The highest BCUT2D eigenvalue weighted by molar-refractivity contribution is 5.86. The van der Waals surface area contributed by atoms with Gasteiger partial charge in [0.1, 0.15) is 0 Å². The zero-order chi connectivity index (χ0) is 11.8. The number of hydrogen-bond donors (Lipinski definition) is 2. The van der Waals surface area contributed by atoms with Gasteiger partial charge in [-0.3, -0.25) is 9.59 Å². The summed E-state index contributed by atoms with van der Waals surface area (Å²) in [5.74, 6) is -0.749. The molecular weight excluding hydrogens is 208 g/mol. The monoisotopic (exact) mass is 226 g/mol. The van der Waals surface area contributed by atoms with E-state index in [0.717, 1.165) is 25.7 Å². The highest BCUT2D eigenvalue weighted by atomic mass is 16.4. The lowest BCUT2D eigenvalue weighted by atomic mass is 10.0. The molecule has 1 aliphatic carbocycles. The van der Waals surface area contributed by atoms with Crippen molar-refractivity contribution in [3.8, 4) is 0 Å². The fourth-order valence-corrected chi connectivity index (χ4v) is 2.48. The molecule has 2 aliphatic rings. The molecule has 0 aromatic heterocycles. The zero-order valence-electron chi connectivity index (χ0n) is 9.32. The van der Waals surface area contributed by atoms with Crippen molar-refractivity contribution < 1.29 is 14.7 Å². The van der Waals surface area contributed by atoms with Gasteiger partial charge in [-0.2, -0.15) is 0 Å². The standard InChI is InChI=1S/C11H18N2O3/c12-7-11(3-4-11)10(16)13-5-1-2-8(13)6-9(14)15/h8H,1-7,12H2,(H,14,15). The minimum atomic E-state index is -0.831. The van der Waals surface area contributed by atoms with Gasteiger partial charge in [0, 0.05) is 19.1 Å². The lowest BCUT2D eigenvalue weighted by molar-refractivity contribution is -0.141. The number of aliphatic carboxylic acids is 1. The molecule has 90 valence electrons. The van der Waals surface area contributed by atoms with E-state index < -0.39 is 5.97 Å². The van der Waals surface area contributed by atoms with Gasteiger partial charge < -0.3 is 15.7 Å². The van der Waals surface area contributed by atoms with Crippen molar-refractivity contribution in [3.63, 3.8) is 0 Å². The van der Waals surface area contributed by atoms with Crippen molar-refractivity contribution >= 4 is 11.9 Å². The van der Waals surface area contributed by atoms with Gasteiger partial charge in [0.25, 0.3) is 0 Å². The van der Waals surface area contributed by atoms with Gasteiger partial charge >= 0.3 is 5.97 Å². The fourth-order valence-electron chi connectivity index (χ4n) is 2.48. The molecule has 0 spiro atoms. The maximum Gasteiger partial charge on any atom is 0.305 e. The zero-order valence-corrected chi connectivity index (χ0v) is 9.32. The third-order valence-corrected chi connectivity index (χ3v) is 3.75. The van der Waals surface area contributed by atoms with Crippen LogP contribution in [0.5, 0.6) is 0 Å². The Balaban J connectivity index is 2.02. The second-order valence-corrected chi connectivity index (χ2v) is 4.88. The van der Waals surface area contributed by atoms with E-state index in [1.54, 1.807) is 4.90 Å². The fraction of sp³-hybridized carbons (Fsp3) is 0.818. The molecule has 0 aromatic rings. The lowest BCUT2D eigenvalue weighted by Crippen LogP contribution is -2.43. The van der Waals surface area contributed by atoms with Gasteiger partial charge in [0.2, 0.25) is 5.91 Å². The second-order valence-electron chi connectivity index (χ2n) is 4.88. The summed E-state index contributed by atoms with van der Waals surface area (Å²) in [5, 5.41) is 8.79. The van der Waals surface area contributed by atoms with Gasteiger partial charge in [-0.05, 0) is 25.7 Å². The number of amides is 1. The summed E-state index contributed by atoms with van der Waals surface area (Å²) < 4.78 is 0. The van der Waals surface area contributed by atoms with Crippen LogP contribution in [0, 0.1) is 5.41 Å². The molecule has 5 heteroatoms. The van der Waals surface area contributed by atoms with E-state index in [4.69, 9.17) is 10.8 Å². The average Bonchev–Trinajstić information content (AvgIpc) is 2.92. The summed E-state index contributed by atoms with van der Waals surface area (Å²) in [6, 6.07) is -0.117. The summed E-state index contributed by atoms with van der Waals surface area (Å²) in [6.45, 7) is 1.08. The first kappa shape index (κ1) is 11.4. The van der Waals surface area contributed by atoms with E-state index in [1.165, 1.54) is 0 Å². The van der Waals surface area contributed by atoms with Gasteiger partial charge in [0.15, 0.2) is 0 Å². The van der Waals surface area contributed by atoms with Crippen molar-refractivity contribution in [2.75, 3.05) is 13.1 Å². The number of hydrogen-bond acceptors (Lipinski definition) is 3. The van der Waals surface area contributed by atoms with E-state index in [2.05, 4.69) is 0 Å². The molecule has 0 bridgehead atoms. The van der Waals surface area contributed by atoms with Crippen LogP contribution in [-0.4, -0.2) is 41.0 Å². The molecule has 1 saturated heterocycles. The van der Waals surface area contributed by atoms with E-state index in [1.807, 2.05) is 0 Å². The first-order valence-corrected chi connectivity index (χ1v) is 5.82. The minimum Gasteiger partial charge on any atom is -0.481 e. The Morgan fingerprint density at radius 2 is 2.12 bits per heavy atom. The number of rotatable bonds is 4. The smallest absolute Gasteiger partial charge is 0.305 e.